The van der Waals surface area contributed by atoms with E-state index in [1.54, 1.807) is 6.92 Å². The Balaban J connectivity index is 2.89. The molecule has 4 nitrogen and oxygen atoms in total. The molecule has 0 atom stereocenters. The van der Waals surface area contributed by atoms with Crippen LogP contribution in [-0.4, -0.2) is 13.4 Å². The van der Waals surface area contributed by atoms with Crippen molar-refractivity contribution in [1.82, 2.24) is 4.98 Å². The molecule has 1 heterocycles. The fourth-order valence-electron chi connectivity index (χ4n) is 1.54. The lowest BCUT2D eigenvalue weighted by molar-refractivity contribution is 0.594. The van der Waals surface area contributed by atoms with Crippen LogP contribution in [0.1, 0.15) is 5.56 Å². The number of aromatic nitrogens is 1. The standard InChI is InChI=1S/C9H10N2O2S/c1-6-7-4-2-3-5-8(7)11-9(6)14(10,12)13/h2-5,11H,1H3,(H2,10,12,13). The molecule has 0 aliphatic heterocycles. The van der Waals surface area contributed by atoms with E-state index in [4.69, 9.17) is 5.14 Å². The SMILES string of the molecule is Cc1c(S(N)(=O)=O)[nH]c2ccccc12. The highest BCUT2D eigenvalue weighted by molar-refractivity contribution is 7.89. The van der Waals surface area contributed by atoms with Gasteiger partial charge in [0, 0.05) is 10.9 Å². The Morgan fingerprint density at radius 3 is 2.50 bits per heavy atom. The third kappa shape index (κ3) is 1.30. The highest BCUT2D eigenvalue weighted by atomic mass is 32.2. The first-order valence-corrected chi connectivity index (χ1v) is 5.65. The Bertz CT molecular complexity index is 584. The topological polar surface area (TPSA) is 76.0 Å². The zero-order chi connectivity index (χ0) is 10.3. The second-order valence-electron chi connectivity index (χ2n) is 3.17. The van der Waals surface area contributed by atoms with Crippen LogP contribution in [0.3, 0.4) is 0 Å². The summed E-state index contributed by atoms with van der Waals surface area (Å²) in [4.78, 5) is 2.79. The number of rotatable bonds is 1. The lowest BCUT2D eigenvalue weighted by atomic mass is 10.2. The van der Waals surface area contributed by atoms with E-state index < -0.39 is 10.0 Å². The summed E-state index contributed by atoms with van der Waals surface area (Å²) in [6.07, 6.45) is 0. The molecule has 0 bridgehead atoms. The van der Waals surface area contributed by atoms with Crippen LogP contribution in [0.15, 0.2) is 29.3 Å². The Morgan fingerprint density at radius 2 is 1.93 bits per heavy atom. The van der Waals surface area contributed by atoms with E-state index in [2.05, 4.69) is 4.98 Å². The first-order chi connectivity index (χ1) is 6.50. The van der Waals surface area contributed by atoms with Gasteiger partial charge in [0.15, 0.2) is 5.03 Å². The van der Waals surface area contributed by atoms with Gasteiger partial charge in [-0.1, -0.05) is 18.2 Å². The number of sulfonamides is 1. The molecule has 2 aromatic rings. The van der Waals surface area contributed by atoms with E-state index in [0.29, 0.717) is 5.56 Å². The van der Waals surface area contributed by atoms with Crippen molar-refractivity contribution in [2.24, 2.45) is 5.14 Å². The highest BCUT2D eigenvalue weighted by Crippen LogP contribution is 2.23. The predicted octanol–water partition coefficient (Wildman–Crippen LogP) is 1.12. The minimum absolute atomic E-state index is 0.0960. The third-order valence-corrected chi connectivity index (χ3v) is 3.18. The van der Waals surface area contributed by atoms with Crippen LogP contribution in [0, 0.1) is 6.92 Å². The molecular weight excluding hydrogens is 200 g/mol. The normalized spacial score (nSPS) is 12.1. The summed E-state index contributed by atoms with van der Waals surface area (Å²) in [5.74, 6) is 0. The van der Waals surface area contributed by atoms with E-state index in [-0.39, 0.29) is 5.03 Å². The van der Waals surface area contributed by atoms with Gasteiger partial charge in [0.25, 0.3) is 10.0 Å². The van der Waals surface area contributed by atoms with Crippen molar-refractivity contribution in [3.8, 4) is 0 Å². The summed E-state index contributed by atoms with van der Waals surface area (Å²) < 4.78 is 22.3. The van der Waals surface area contributed by atoms with Crippen LogP contribution >= 0.6 is 0 Å². The van der Waals surface area contributed by atoms with Gasteiger partial charge in [0.1, 0.15) is 0 Å². The maximum absolute atomic E-state index is 11.2. The number of H-pyrrole nitrogens is 1. The molecule has 0 radical (unpaired) electrons. The van der Waals surface area contributed by atoms with E-state index in [9.17, 15) is 8.42 Å². The van der Waals surface area contributed by atoms with E-state index in [0.717, 1.165) is 10.9 Å². The number of benzene rings is 1. The largest absolute Gasteiger partial charge is 0.344 e. The minimum atomic E-state index is -3.65. The molecule has 14 heavy (non-hydrogen) atoms. The Kier molecular flexibility index (Phi) is 1.87. The number of fused-ring (bicyclic) bond motifs is 1. The number of hydrogen-bond acceptors (Lipinski definition) is 2. The van der Waals surface area contributed by atoms with Crippen LogP contribution in [-0.2, 0) is 10.0 Å². The van der Waals surface area contributed by atoms with E-state index in [1.807, 2.05) is 24.3 Å². The molecule has 0 amide bonds. The predicted molar refractivity (Wildman–Crippen MR) is 54.4 cm³/mol. The van der Waals surface area contributed by atoms with Crippen LogP contribution in [0.2, 0.25) is 0 Å². The first-order valence-electron chi connectivity index (χ1n) is 4.10. The van der Waals surface area contributed by atoms with Gasteiger partial charge >= 0.3 is 0 Å². The lowest BCUT2D eigenvalue weighted by Crippen LogP contribution is -2.13. The second-order valence-corrected chi connectivity index (χ2v) is 4.67. The number of para-hydroxylation sites is 1. The number of aromatic amines is 1. The fraction of sp³-hybridized carbons (Fsp3) is 0.111. The maximum atomic E-state index is 11.2. The van der Waals surface area contributed by atoms with Crippen molar-refractivity contribution < 1.29 is 8.42 Å². The zero-order valence-corrected chi connectivity index (χ0v) is 8.43. The van der Waals surface area contributed by atoms with Gasteiger partial charge in [0.05, 0.1) is 0 Å². The molecule has 3 N–H and O–H groups in total. The van der Waals surface area contributed by atoms with Crippen LogP contribution in [0.5, 0.6) is 0 Å². The van der Waals surface area contributed by atoms with Crippen LogP contribution < -0.4 is 5.14 Å². The Hall–Kier alpha value is -1.33. The molecule has 1 aromatic carbocycles. The number of hydrogen-bond donors (Lipinski definition) is 2. The number of nitrogens with one attached hydrogen (secondary N) is 1. The average molecular weight is 210 g/mol. The minimum Gasteiger partial charge on any atom is -0.344 e. The molecular formula is C9H10N2O2S. The van der Waals surface area contributed by atoms with Gasteiger partial charge in [0.2, 0.25) is 0 Å². The van der Waals surface area contributed by atoms with E-state index >= 15 is 0 Å². The monoisotopic (exact) mass is 210 g/mol. The average Bonchev–Trinajstić information content (AvgIpc) is 2.44. The summed E-state index contributed by atoms with van der Waals surface area (Å²) in [7, 11) is -3.65. The number of primary sulfonamides is 1. The second kappa shape index (κ2) is 2.83. The molecule has 74 valence electrons. The van der Waals surface area contributed by atoms with Crippen molar-refractivity contribution in [1.29, 1.82) is 0 Å². The first kappa shape index (κ1) is 9.23. The maximum Gasteiger partial charge on any atom is 0.253 e. The summed E-state index contributed by atoms with van der Waals surface area (Å²) in [6.45, 7) is 1.73. The quantitative estimate of drug-likeness (QED) is 0.740. The summed E-state index contributed by atoms with van der Waals surface area (Å²) >= 11 is 0. The van der Waals surface area contributed by atoms with Crippen molar-refractivity contribution in [3.63, 3.8) is 0 Å². The molecule has 0 fully saturated rings. The summed E-state index contributed by atoms with van der Waals surface area (Å²) in [5, 5.41) is 6.04. The van der Waals surface area contributed by atoms with Crippen molar-refractivity contribution in [2.45, 2.75) is 11.9 Å². The highest BCUT2D eigenvalue weighted by Gasteiger charge is 2.15. The fourth-order valence-corrected chi connectivity index (χ4v) is 2.33. The van der Waals surface area contributed by atoms with Gasteiger partial charge in [-0.05, 0) is 18.6 Å². The lowest BCUT2D eigenvalue weighted by Gasteiger charge is -1.94. The van der Waals surface area contributed by atoms with Gasteiger partial charge in [-0.3, -0.25) is 0 Å². The number of aryl methyl sites for hydroxylation is 1. The molecule has 0 spiro atoms. The molecule has 0 unspecified atom stereocenters. The van der Waals surface area contributed by atoms with E-state index in [1.165, 1.54) is 0 Å². The van der Waals surface area contributed by atoms with Crippen LogP contribution in [0.4, 0.5) is 0 Å². The molecule has 0 saturated carbocycles. The molecule has 2 rings (SSSR count). The molecule has 0 saturated heterocycles. The van der Waals surface area contributed by atoms with Gasteiger partial charge in [-0.2, -0.15) is 0 Å². The van der Waals surface area contributed by atoms with Gasteiger partial charge in [-0.15, -0.1) is 0 Å². The molecule has 0 aliphatic carbocycles. The van der Waals surface area contributed by atoms with Gasteiger partial charge in [-0.25, -0.2) is 13.6 Å². The van der Waals surface area contributed by atoms with Crippen molar-refractivity contribution in [3.05, 3.63) is 29.8 Å². The van der Waals surface area contributed by atoms with Crippen molar-refractivity contribution in [2.75, 3.05) is 0 Å². The van der Waals surface area contributed by atoms with Gasteiger partial charge < -0.3 is 4.98 Å². The third-order valence-electron chi connectivity index (χ3n) is 2.20. The molecule has 5 heteroatoms. The molecule has 1 aromatic heterocycles. The zero-order valence-electron chi connectivity index (χ0n) is 7.61. The smallest absolute Gasteiger partial charge is 0.253 e. The van der Waals surface area contributed by atoms with Crippen LogP contribution in [0.25, 0.3) is 10.9 Å². The number of nitrogens with two attached hydrogens (primary N) is 1. The summed E-state index contributed by atoms with van der Waals surface area (Å²) in [6, 6.07) is 7.37. The Morgan fingerprint density at radius 1 is 1.29 bits per heavy atom. The summed E-state index contributed by atoms with van der Waals surface area (Å²) in [5.41, 5.74) is 1.46. The molecule has 0 aliphatic rings. The van der Waals surface area contributed by atoms with Crippen molar-refractivity contribution >= 4 is 20.9 Å². The Labute approximate surface area is 81.8 Å².